The summed E-state index contributed by atoms with van der Waals surface area (Å²) in [6.07, 6.45) is 3.91. The molecule has 1 aromatic heterocycles. The number of carbonyl (C=O) groups excluding carboxylic acids is 2. The van der Waals surface area contributed by atoms with E-state index in [-0.39, 0.29) is 22.8 Å². The molecule has 1 saturated heterocycles. The molecule has 0 spiro atoms. The normalized spacial score (nSPS) is 17.1. The van der Waals surface area contributed by atoms with Crippen molar-refractivity contribution in [3.05, 3.63) is 52.3 Å². The van der Waals surface area contributed by atoms with Crippen LogP contribution in [0.3, 0.4) is 0 Å². The second-order valence-electron chi connectivity index (χ2n) is 8.47. The summed E-state index contributed by atoms with van der Waals surface area (Å²) in [5.41, 5.74) is 3.27. The molecule has 0 amide bonds. The fraction of sp³-hybridized carbons (Fsp3) is 0.478. The Morgan fingerprint density at radius 2 is 1.71 bits per heavy atom. The number of carbonyl (C=O) groups is 2. The van der Waals surface area contributed by atoms with E-state index in [1.807, 2.05) is 19.9 Å². The maximum atomic E-state index is 12.8. The molecule has 4 rings (SSSR count). The molecule has 1 aromatic carbocycles. The Hall–Kier alpha value is -2.45. The van der Waals surface area contributed by atoms with Gasteiger partial charge in [0.15, 0.2) is 6.61 Å². The standard InChI is InChI=1S/C23H28N2O5S/c1-15-6-9-19(31(28,29)24-10-4-5-11-24)13-20(15)23(27)30-14-22(26)21-12-16(2)25(17(21)3)18-7-8-18/h6,9,12-13,18H,4-5,7-8,10-11,14H2,1-3H3. The summed E-state index contributed by atoms with van der Waals surface area (Å²) in [6, 6.07) is 6.78. The molecule has 1 aliphatic carbocycles. The van der Waals surface area contributed by atoms with Crippen molar-refractivity contribution in [3.63, 3.8) is 0 Å². The molecule has 0 bridgehead atoms. The fourth-order valence-corrected chi connectivity index (χ4v) is 5.84. The molecule has 2 fully saturated rings. The van der Waals surface area contributed by atoms with Crippen LogP contribution >= 0.6 is 0 Å². The van der Waals surface area contributed by atoms with Gasteiger partial charge in [0, 0.05) is 36.1 Å². The van der Waals surface area contributed by atoms with Crippen molar-refractivity contribution >= 4 is 21.8 Å². The Labute approximate surface area is 183 Å². The number of Topliss-reactive ketones (excluding diaryl/α,β-unsaturated/α-hetero) is 1. The van der Waals surface area contributed by atoms with Gasteiger partial charge in [-0.05, 0) is 70.2 Å². The molecule has 2 heterocycles. The van der Waals surface area contributed by atoms with Crippen molar-refractivity contribution in [2.24, 2.45) is 0 Å². The zero-order valence-electron chi connectivity index (χ0n) is 18.2. The number of aromatic nitrogens is 1. The SMILES string of the molecule is Cc1ccc(S(=O)(=O)N2CCCC2)cc1C(=O)OCC(=O)c1cc(C)n(C2CC2)c1C. The molecule has 8 heteroatoms. The van der Waals surface area contributed by atoms with Crippen molar-refractivity contribution in [2.75, 3.05) is 19.7 Å². The second-order valence-corrected chi connectivity index (χ2v) is 10.4. The van der Waals surface area contributed by atoms with E-state index < -0.39 is 16.0 Å². The van der Waals surface area contributed by atoms with Crippen LogP contribution in [0.15, 0.2) is 29.2 Å². The minimum atomic E-state index is -3.64. The highest BCUT2D eigenvalue weighted by Gasteiger charge is 2.30. The van der Waals surface area contributed by atoms with Crippen molar-refractivity contribution in [3.8, 4) is 0 Å². The van der Waals surface area contributed by atoms with E-state index in [1.54, 1.807) is 13.0 Å². The van der Waals surface area contributed by atoms with Gasteiger partial charge in [-0.15, -0.1) is 0 Å². The highest BCUT2D eigenvalue weighted by atomic mass is 32.2. The minimum Gasteiger partial charge on any atom is -0.454 e. The highest BCUT2D eigenvalue weighted by molar-refractivity contribution is 7.89. The third-order valence-electron chi connectivity index (χ3n) is 6.16. The number of aryl methyl sites for hydroxylation is 2. The van der Waals surface area contributed by atoms with E-state index >= 15 is 0 Å². The highest BCUT2D eigenvalue weighted by Crippen LogP contribution is 2.38. The van der Waals surface area contributed by atoms with Crippen LogP contribution in [-0.4, -0.2) is 48.7 Å². The van der Waals surface area contributed by atoms with Crippen LogP contribution in [0.5, 0.6) is 0 Å². The maximum absolute atomic E-state index is 12.8. The Morgan fingerprint density at radius 1 is 1.03 bits per heavy atom. The Bertz CT molecular complexity index is 1140. The average molecular weight is 445 g/mol. The van der Waals surface area contributed by atoms with Gasteiger partial charge in [0.2, 0.25) is 15.8 Å². The molecule has 0 N–H and O–H groups in total. The molecule has 1 saturated carbocycles. The number of ketones is 1. The Kier molecular flexibility index (Phi) is 5.79. The van der Waals surface area contributed by atoms with E-state index in [0.717, 1.165) is 37.1 Å². The number of benzene rings is 1. The van der Waals surface area contributed by atoms with Crippen molar-refractivity contribution in [1.29, 1.82) is 0 Å². The van der Waals surface area contributed by atoms with Crippen molar-refractivity contribution in [2.45, 2.75) is 57.4 Å². The van der Waals surface area contributed by atoms with Gasteiger partial charge < -0.3 is 9.30 Å². The number of ether oxygens (including phenoxy) is 1. The number of hydrogen-bond donors (Lipinski definition) is 0. The van der Waals surface area contributed by atoms with Crippen molar-refractivity contribution in [1.82, 2.24) is 8.87 Å². The maximum Gasteiger partial charge on any atom is 0.338 e. The van der Waals surface area contributed by atoms with Gasteiger partial charge in [-0.2, -0.15) is 4.31 Å². The first kappa shape index (κ1) is 21.8. The first-order valence-electron chi connectivity index (χ1n) is 10.7. The van der Waals surface area contributed by atoms with Gasteiger partial charge in [-0.3, -0.25) is 4.79 Å². The lowest BCUT2D eigenvalue weighted by atomic mass is 10.1. The predicted octanol–water partition coefficient (Wildman–Crippen LogP) is 3.57. The van der Waals surface area contributed by atoms with E-state index in [9.17, 15) is 18.0 Å². The summed E-state index contributed by atoms with van der Waals surface area (Å²) < 4.78 is 34.5. The monoisotopic (exact) mass is 444 g/mol. The fourth-order valence-electron chi connectivity index (χ4n) is 4.30. The van der Waals surface area contributed by atoms with Gasteiger partial charge in [0.1, 0.15) is 0 Å². The minimum absolute atomic E-state index is 0.0752. The molecule has 31 heavy (non-hydrogen) atoms. The third kappa shape index (κ3) is 4.19. The first-order valence-corrected chi connectivity index (χ1v) is 12.1. The van der Waals surface area contributed by atoms with Gasteiger partial charge in [0.05, 0.1) is 10.5 Å². The summed E-state index contributed by atoms with van der Waals surface area (Å²) in [5, 5.41) is 0. The summed E-state index contributed by atoms with van der Waals surface area (Å²) in [4.78, 5) is 25.5. The van der Waals surface area contributed by atoms with E-state index in [0.29, 0.717) is 30.3 Å². The predicted molar refractivity (Wildman–Crippen MR) is 116 cm³/mol. The van der Waals surface area contributed by atoms with Crippen LogP contribution in [-0.2, 0) is 14.8 Å². The van der Waals surface area contributed by atoms with Crippen LogP contribution in [0.1, 0.15) is 69.4 Å². The zero-order valence-corrected chi connectivity index (χ0v) is 19.0. The van der Waals surface area contributed by atoms with Crippen LogP contribution in [0, 0.1) is 20.8 Å². The summed E-state index contributed by atoms with van der Waals surface area (Å²) in [5.74, 6) is -0.952. The topological polar surface area (TPSA) is 85.7 Å². The van der Waals surface area contributed by atoms with E-state index in [4.69, 9.17) is 4.74 Å². The van der Waals surface area contributed by atoms with Gasteiger partial charge in [-0.25, -0.2) is 13.2 Å². The first-order chi connectivity index (χ1) is 14.7. The lowest BCUT2D eigenvalue weighted by molar-refractivity contribution is 0.0473. The van der Waals surface area contributed by atoms with Crippen molar-refractivity contribution < 1.29 is 22.7 Å². The molecule has 1 aliphatic heterocycles. The Morgan fingerprint density at radius 3 is 2.35 bits per heavy atom. The number of nitrogens with zero attached hydrogens (tertiary/aromatic N) is 2. The number of hydrogen-bond acceptors (Lipinski definition) is 5. The molecular formula is C23H28N2O5S. The third-order valence-corrected chi connectivity index (χ3v) is 8.06. The van der Waals surface area contributed by atoms with E-state index in [2.05, 4.69) is 4.57 Å². The molecular weight excluding hydrogens is 416 g/mol. The summed E-state index contributed by atoms with van der Waals surface area (Å²) >= 11 is 0. The van der Waals surface area contributed by atoms with Crippen LogP contribution in [0.25, 0.3) is 0 Å². The second kappa shape index (κ2) is 8.24. The number of esters is 1. The smallest absolute Gasteiger partial charge is 0.338 e. The summed E-state index contributed by atoms with van der Waals surface area (Å²) in [6.45, 7) is 6.21. The number of sulfonamides is 1. The van der Waals surface area contributed by atoms with Crippen LogP contribution in [0.2, 0.25) is 0 Å². The summed E-state index contributed by atoms with van der Waals surface area (Å²) in [7, 11) is -3.64. The molecule has 0 atom stereocenters. The van der Waals surface area contributed by atoms with Gasteiger partial charge in [0.25, 0.3) is 0 Å². The van der Waals surface area contributed by atoms with E-state index in [1.165, 1.54) is 16.4 Å². The van der Waals surface area contributed by atoms with Crippen LogP contribution < -0.4 is 0 Å². The molecule has 2 aliphatic rings. The molecule has 2 aromatic rings. The molecule has 0 unspecified atom stereocenters. The largest absolute Gasteiger partial charge is 0.454 e. The molecule has 0 radical (unpaired) electrons. The zero-order chi connectivity index (χ0) is 22.3. The molecule has 7 nitrogen and oxygen atoms in total. The van der Waals surface area contributed by atoms with Gasteiger partial charge >= 0.3 is 5.97 Å². The lowest BCUT2D eigenvalue weighted by Gasteiger charge is -2.16. The number of rotatable bonds is 7. The molecule has 166 valence electrons. The average Bonchev–Trinajstić information content (AvgIpc) is 3.29. The quantitative estimate of drug-likeness (QED) is 0.481. The lowest BCUT2D eigenvalue weighted by Crippen LogP contribution is -2.28. The Balaban J connectivity index is 1.49. The van der Waals surface area contributed by atoms with Crippen LogP contribution in [0.4, 0.5) is 0 Å². The van der Waals surface area contributed by atoms with Gasteiger partial charge in [-0.1, -0.05) is 6.07 Å².